The average Bonchev–Trinajstić information content (AvgIpc) is 3.16. The molecule has 0 unspecified atom stereocenters. The molecule has 0 N–H and O–H groups in total. The lowest BCUT2D eigenvalue weighted by molar-refractivity contribution is 0.0515. The normalized spacial score (nSPS) is 13.8. The van der Waals surface area contributed by atoms with Gasteiger partial charge >= 0.3 is 5.97 Å². The van der Waals surface area contributed by atoms with Gasteiger partial charge in [-0.2, -0.15) is 0 Å². The number of benzene rings is 2. The maximum atomic E-state index is 12.5. The van der Waals surface area contributed by atoms with Crippen molar-refractivity contribution >= 4 is 27.6 Å². The fourth-order valence-electron chi connectivity index (χ4n) is 3.14. The molecule has 8 heteroatoms. The number of nitrogens with zero attached hydrogens (tertiary/aromatic N) is 1. The molecule has 0 radical (unpaired) electrons. The average molecular weight is 450 g/mol. The second-order valence-corrected chi connectivity index (χ2v) is 6.79. The smallest absolute Gasteiger partial charge is 0.366 e. The van der Waals surface area contributed by atoms with Crippen LogP contribution in [0.5, 0.6) is 23.0 Å². The molecule has 0 saturated carbocycles. The van der Waals surface area contributed by atoms with E-state index in [4.69, 9.17) is 23.8 Å². The monoisotopic (exact) mass is 449 g/mol. The Labute approximate surface area is 171 Å². The van der Waals surface area contributed by atoms with E-state index < -0.39 is 5.97 Å². The highest BCUT2D eigenvalue weighted by Crippen LogP contribution is 2.39. The number of hydrogen-bond acceptors (Lipinski definition) is 7. The van der Waals surface area contributed by atoms with Crippen LogP contribution in [0.3, 0.4) is 0 Å². The second kappa shape index (κ2) is 8.52. The van der Waals surface area contributed by atoms with E-state index in [0.29, 0.717) is 35.1 Å². The Morgan fingerprint density at radius 2 is 1.57 bits per heavy atom. The van der Waals surface area contributed by atoms with E-state index in [9.17, 15) is 4.79 Å². The minimum atomic E-state index is -0.630. The molecule has 0 aromatic heterocycles. The van der Waals surface area contributed by atoms with Gasteiger partial charge in [0.25, 0.3) is 0 Å². The van der Waals surface area contributed by atoms with Crippen LogP contribution in [0.1, 0.15) is 27.9 Å². The van der Waals surface area contributed by atoms with Gasteiger partial charge in [0, 0.05) is 10.0 Å². The Kier molecular flexibility index (Phi) is 6.08. The molecule has 0 bridgehead atoms. The quantitative estimate of drug-likeness (QED) is 0.490. The van der Waals surface area contributed by atoms with Crippen LogP contribution in [-0.2, 0) is 11.3 Å². The van der Waals surface area contributed by atoms with Crippen molar-refractivity contribution in [2.24, 2.45) is 5.16 Å². The van der Waals surface area contributed by atoms with Gasteiger partial charge in [0.15, 0.2) is 11.5 Å². The summed E-state index contributed by atoms with van der Waals surface area (Å²) in [5.41, 5.74) is 2.84. The van der Waals surface area contributed by atoms with Gasteiger partial charge in [-0.05, 0) is 42.7 Å². The van der Waals surface area contributed by atoms with Gasteiger partial charge < -0.3 is 23.8 Å². The molecule has 0 heterocycles. The number of carbonyl (C=O) groups excluding carboxylic acids is 1. The molecule has 0 amide bonds. The summed E-state index contributed by atoms with van der Waals surface area (Å²) >= 11 is 3.54. The zero-order valence-corrected chi connectivity index (χ0v) is 17.6. The molecule has 0 aliphatic heterocycles. The number of carbonyl (C=O) groups is 1. The summed E-state index contributed by atoms with van der Waals surface area (Å²) in [5, 5.41) is 4.10. The van der Waals surface area contributed by atoms with Crippen LogP contribution in [0, 0.1) is 0 Å². The summed E-state index contributed by atoms with van der Waals surface area (Å²) in [6.07, 6.45) is 1.44. The fourth-order valence-corrected chi connectivity index (χ4v) is 3.67. The van der Waals surface area contributed by atoms with Crippen molar-refractivity contribution in [3.8, 4) is 23.0 Å². The van der Waals surface area contributed by atoms with Crippen LogP contribution in [0.2, 0.25) is 0 Å². The summed E-state index contributed by atoms with van der Waals surface area (Å²) in [5.74, 6) is 1.18. The molecule has 148 valence electrons. The van der Waals surface area contributed by atoms with Crippen molar-refractivity contribution in [2.45, 2.75) is 12.8 Å². The number of halogens is 1. The molecule has 0 atom stereocenters. The Balaban J connectivity index is 1.90. The summed E-state index contributed by atoms with van der Waals surface area (Å²) in [6.45, 7) is 0. The lowest BCUT2D eigenvalue weighted by Gasteiger charge is -2.13. The first-order valence-electron chi connectivity index (χ1n) is 8.48. The van der Waals surface area contributed by atoms with Crippen molar-refractivity contribution < 1.29 is 28.6 Å². The van der Waals surface area contributed by atoms with Gasteiger partial charge in [-0.15, -0.1) is 0 Å². The molecule has 2 aromatic rings. The first-order chi connectivity index (χ1) is 13.5. The Bertz CT molecular complexity index is 916. The number of oxime groups is 1. The summed E-state index contributed by atoms with van der Waals surface area (Å²) < 4.78 is 22.2. The maximum absolute atomic E-state index is 12.5. The molecule has 0 fully saturated rings. The Morgan fingerprint density at radius 3 is 2.14 bits per heavy atom. The molecule has 1 aliphatic carbocycles. The molecular weight excluding hydrogens is 430 g/mol. The zero-order chi connectivity index (χ0) is 20.3. The van der Waals surface area contributed by atoms with E-state index in [0.717, 1.165) is 22.0 Å². The second-order valence-electron chi connectivity index (χ2n) is 5.93. The third-order valence-electron chi connectivity index (χ3n) is 4.48. The maximum Gasteiger partial charge on any atom is 0.366 e. The van der Waals surface area contributed by atoms with Gasteiger partial charge in [0.2, 0.25) is 5.75 Å². The van der Waals surface area contributed by atoms with Gasteiger partial charge in [-0.25, -0.2) is 4.79 Å². The van der Waals surface area contributed by atoms with Crippen LogP contribution < -0.4 is 18.9 Å². The topological polar surface area (TPSA) is 75.6 Å². The van der Waals surface area contributed by atoms with E-state index in [-0.39, 0.29) is 5.56 Å². The fraction of sp³-hybridized carbons (Fsp3) is 0.300. The van der Waals surface area contributed by atoms with Crippen LogP contribution in [-0.4, -0.2) is 40.1 Å². The third kappa shape index (κ3) is 3.64. The van der Waals surface area contributed by atoms with E-state index >= 15 is 0 Å². The van der Waals surface area contributed by atoms with Gasteiger partial charge in [-0.1, -0.05) is 21.1 Å². The van der Waals surface area contributed by atoms with E-state index in [1.165, 1.54) is 33.5 Å². The van der Waals surface area contributed by atoms with E-state index in [1.54, 1.807) is 7.11 Å². The van der Waals surface area contributed by atoms with Gasteiger partial charge in [0.1, 0.15) is 5.75 Å². The predicted molar refractivity (Wildman–Crippen MR) is 107 cm³/mol. The Hall–Kier alpha value is -2.74. The van der Waals surface area contributed by atoms with Crippen molar-refractivity contribution in [1.29, 1.82) is 0 Å². The summed E-state index contributed by atoms with van der Waals surface area (Å²) in [4.78, 5) is 17.8. The minimum absolute atomic E-state index is 0.235. The number of methoxy groups -OCH3 is 4. The molecule has 3 rings (SSSR count). The summed E-state index contributed by atoms with van der Waals surface area (Å²) in [7, 11) is 6.05. The third-order valence-corrected chi connectivity index (χ3v) is 5.22. The number of fused-ring (bicyclic) bond motifs is 1. The highest BCUT2D eigenvalue weighted by atomic mass is 79.9. The van der Waals surface area contributed by atoms with Crippen molar-refractivity contribution in [1.82, 2.24) is 0 Å². The first kappa shape index (κ1) is 20.0. The molecule has 1 aliphatic rings. The number of ether oxygens (including phenoxy) is 4. The predicted octanol–water partition coefficient (Wildman–Crippen LogP) is 3.99. The van der Waals surface area contributed by atoms with E-state index in [2.05, 4.69) is 21.1 Å². The molecule has 7 nitrogen and oxygen atoms in total. The largest absolute Gasteiger partial charge is 0.496 e. The standard InChI is InChI=1S/C20H20BrNO6/c1-24-15-8-6-13(21)12-5-7-14(18(12)15)22-28-20(23)11-9-16(25-2)19(27-4)17(10-11)26-3/h6,8-10H,5,7H2,1-4H3. The zero-order valence-electron chi connectivity index (χ0n) is 16.0. The molecule has 2 aromatic carbocycles. The summed E-state index contributed by atoms with van der Waals surface area (Å²) in [6, 6.07) is 6.82. The molecule has 0 spiro atoms. The van der Waals surface area contributed by atoms with E-state index in [1.807, 2.05) is 12.1 Å². The van der Waals surface area contributed by atoms with Gasteiger partial charge in [0.05, 0.1) is 39.7 Å². The molecule has 28 heavy (non-hydrogen) atoms. The number of rotatable bonds is 6. The lowest BCUT2D eigenvalue weighted by atomic mass is 10.1. The van der Waals surface area contributed by atoms with Crippen molar-refractivity contribution in [2.75, 3.05) is 28.4 Å². The minimum Gasteiger partial charge on any atom is -0.496 e. The molecular formula is C20H20BrNO6. The van der Waals surface area contributed by atoms with Gasteiger partial charge in [-0.3, -0.25) is 0 Å². The van der Waals surface area contributed by atoms with Crippen molar-refractivity contribution in [3.63, 3.8) is 0 Å². The van der Waals surface area contributed by atoms with Crippen LogP contribution in [0.25, 0.3) is 0 Å². The molecule has 0 saturated heterocycles. The van der Waals surface area contributed by atoms with Crippen molar-refractivity contribution in [3.05, 3.63) is 45.4 Å². The SMILES string of the molecule is COc1cc(C(=O)ON=C2CCc3c(Br)ccc(OC)c32)cc(OC)c1OC. The van der Waals surface area contributed by atoms with Crippen LogP contribution in [0.15, 0.2) is 33.9 Å². The highest BCUT2D eigenvalue weighted by molar-refractivity contribution is 9.10. The van der Waals surface area contributed by atoms with Crippen LogP contribution >= 0.6 is 15.9 Å². The first-order valence-corrected chi connectivity index (χ1v) is 9.27. The lowest BCUT2D eigenvalue weighted by Crippen LogP contribution is -2.06. The van der Waals surface area contributed by atoms with Crippen LogP contribution in [0.4, 0.5) is 0 Å². The highest BCUT2D eigenvalue weighted by Gasteiger charge is 2.26. The Morgan fingerprint density at radius 1 is 0.929 bits per heavy atom. The number of hydrogen-bond donors (Lipinski definition) is 0.